The summed E-state index contributed by atoms with van der Waals surface area (Å²) in [5.74, 6) is -0.690. The average molecular weight is 312 g/mol. The minimum atomic E-state index is -0.690. The number of unbranched alkanes of at least 4 members (excludes halogenated alkanes) is 8. The molecule has 0 aliphatic rings. The minimum Gasteiger partial charge on any atom is -0.481 e. The maximum atomic E-state index is 11.0. The van der Waals surface area contributed by atoms with Crippen LogP contribution in [0.1, 0.15) is 98.3 Å². The summed E-state index contributed by atoms with van der Waals surface area (Å²) in [5, 5.41) is 9.03. The number of aliphatic carboxylic acids is 1. The molecule has 0 unspecified atom stereocenters. The Morgan fingerprint density at radius 2 is 1.14 bits per heavy atom. The number of aldehydes is 1. The van der Waals surface area contributed by atoms with E-state index >= 15 is 0 Å². The molecule has 0 atom stereocenters. The second-order valence-corrected chi connectivity index (χ2v) is 7.98. The van der Waals surface area contributed by atoms with E-state index in [-0.39, 0.29) is 5.41 Å². The first kappa shape index (κ1) is 21.1. The van der Waals surface area contributed by atoms with Crippen LogP contribution in [0.4, 0.5) is 0 Å². The summed E-state index contributed by atoms with van der Waals surface area (Å²) in [6.45, 7) is 7.62. The van der Waals surface area contributed by atoms with Gasteiger partial charge in [0.25, 0.3) is 0 Å². The van der Waals surface area contributed by atoms with E-state index < -0.39 is 11.4 Å². The van der Waals surface area contributed by atoms with Crippen molar-refractivity contribution in [3.8, 4) is 0 Å². The summed E-state index contributed by atoms with van der Waals surface area (Å²) >= 11 is 0. The van der Waals surface area contributed by atoms with Crippen molar-refractivity contribution in [2.75, 3.05) is 0 Å². The quantitative estimate of drug-likeness (QED) is 0.335. The summed E-state index contributed by atoms with van der Waals surface area (Å²) in [6, 6.07) is 0. The molecule has 0 aliphatic carbocycles. The average Bonchev–Trinajstić information content (AvgIpc) is 2.44. The predicted molar refractivity (Wildman–Crippen MR) is 92.0 cm³/mol. The number of hydrogen-bond acceptors (Lipinski definition) is 2. The highest BCUT2D eigenvalue weighted by Crippen LogP contribution is 2.24. The molecule has 0 saturated heterocycles. The lowest BCUT2D eigenvalue weighted by Gasteiger charge is -2.18. The van der Waals surface area contributed by atoms with Crippen LogP contribution >= 0.6 is 0 Å². The normalized spacial score (nSPS) is 12.4. The van der Waals surface area contributed by atoms with Crippen molar-refractivity contribution >= 4 is 12.3 Å². The lowest BCUT2D eigenvalue weighted by Crippen LogP contribution is -2.23. The van der Waals surface area contributed by atoms with Crippen LogP contribution in [0.2, 0.25) is 0 Å². The topological polar surface area (TPSA) is 54.4 Å². The molecule has 3 nitrogen and oxygen atoms in total. The summed E-state index contributed by atoms with van der Waals surface area (Å²) in [6.07, 6.45) is 13.7. The van der Waals surface area contributed by atoms with E-state index in [4.69, 9.17) is 5.11 Å². The Bertz CT molecular complexity index is 319. The van der Waals surface area contributed by atoms with Gasteiger partial charge in [0.1, 0.15) is 6.29 Å². The number of hydrogen-bond donors (Lipinski definition) is 1. The fourth-order valence-corrected chi connectivity index (χ4v) is 2.55. The first-order valence-corrected chi connectivity index (χ1v) is 8.91. The van der Waals surface area contributed by atoms with Gasteiger partial charge in [0.05, 0.1) is 5.41 Å². The third-order valence-electron chi connectivity index (χ3n) is 4.52. The Kier molecular flexibility index (Phi) is 10.4. The molecule has 0 aromatic heterocycles. The molecule has 0 radical (unpaired) electrons. The van der Waals surface area contributed by atoms with Gasteiger partial charge >= 0.3 is 5.97 Å². The second kappa shape index (κ2) is 10.8. The van der Waals surface area contributed by atoms with E-state index in [1.54, 1.807) is 13.8 Å². The Labute approximate surface area is 136 Å². The van der Waals surface area contributed by atoms with Crippen molar-refractivity contribution in [3.63, 3.8) is 0 Å². The number of carbonyl (C=O) groups is 2. The third-order valence-corrected chi connectivity index (χ3v) is 4.52. The predicted octanol–water partition coefficient (Wildman–Crippen LogP) is 5.61. The highest BCUT2D eigenvalue weighted by atomic mass is 16.4. The van der Waals surface area contributed by atoms with Crippen LogP contribution in [0.15, 0.2) is 0 Å². The number of carboxylic acids is 1. The van der Waals surface area contributed by atoms with Crippen LogP contribution in [-0.2, 0) is 9.59 Å². The van der Waals surface area contributed by atoms with Crippen LogP contribution in [-0.4, -0.2) is 17.4 Å². The number of rotatable bonds is 14. The zero-order chi connectivity index (χ0) is 17.1. The molecule has 0 aromatic rings. The Morgan fingerprint density at radius 3 is 1.50 bits per heavy atom. The van der Waals surface area contributed by atoms with Gasteiger partial charge in [-0.05, 0) is 26.7 Å². The van der Waals surface area contributed by atoms with E-state index in [0.29, 0.717) is 0 Å². The van der Waals surface area contributed by atoms with Crippen LogP contribution in [0.25, 0.3) is 0 Å². The van der Waals surface area contributed by atoms with Crippen molar-refractivity contribution in [1.29, 1.82) is 0 Å². The van der Waals surface area contributed by atoms with E-state index in [1.807, 2.05) is 13.8 Å². The molecule has 3 heteroatoms. The van der Waals surface area contributed by atoms with E-state index in [1.165, 1.54) is 38.5 Å². The van der Waals surface area contributed by atoms with Crippen molar-refractivity contribution in [1.82, 2.24) is 0 Å². The zero-order valence-corrected chi connectivity index (χ0v) is 15.1. The Hall–Kier alpha value is -0.860. The van der Waals surface area contributed by atoms with Crippen molar-refractivity contribution in [2.45, 2.75) is 98.3 Å². The lowest BCUT2D eigenvalue weighted by molar-refractivity contribution is -0.147. The highest BCUT2D eigenvalue weighted by molar-refractivity contribution is 5.73. The van der Waals surface area contributed by atoms with Gasteiger partial charge in [-0.1, -0.05) is 71.6 Å². The van der Waals surface area contributed by atoms with Crippen LogP contribution in [0, 0.1) is 10.8 Å². The smallest absolute Gasteiger partial charge is 0.309 e. The van der Waals surface area contributed by atoms with Crippen LogP contribution < -0.4 is 0 Å². The molecule has 0 aliphatic heterocycles. The Morgan fingerprint density at radius 1 is 0.773 bits per heavy atom. The molecule has 0 spiro atoms. The largest absolute Gasteiger partial charge is 0.481 e. The van der Waals surface area contributed by atoms with Gasteiger partial charge in [0.15, 0.2) is 0 Å². The van der Waals surface area contributed by atoms with E-state index in [2.05, 4.69) is 0 Å². The highest BCUT2D eigenvalue weighted by Gasteiger charge is 2.25. The molecule has 0 amide bonds. The molecule has 0 saturated carbocycles. The third kappa shape index (κ3) is 10.8. The molecule has 22 heavy (non-hydrogen) atoms. The maximum absolute atomic E-state index is 11.0. The van der Waals surface area contributed by atoms with Crippen LogP contribution in [0.5, 0.6) is 0 Å². The van der Waals surface area contributed by atoms with Crippen molar-refractivity contribution < 1.29 is 14.7 Å². The molecule has 0 fully saturated rings. The van der Waals surface area contributed by atoms with Crippen molar-refractivity contribution in [3.05, 3.63) is 0 Å². The molecular formula is C19H36O3. The molecule has 0 aromatic carbocycles. The number of carboxylic acid groups (broad SMARTS) is 1. The maximum Gasteiger partial charge on any atom is 0.309 e. The van der Waals surface area contributed by atoms with Gasteiger partial charge in [-0.25, -0.2) is 0 Å². The summed E-state index contributed by atoms with van der Waals surface area (Å²) in [4.78, 5) is 21.8. The first-order chi connectivity index (χ1) is 10.2. The molecule has 130 valence electrons. The van der Waals surface area contributed by atoms with Gasteiger partial charge in [-0.2, -0.15) is 0 Å². The fourth-order valence-electron chi connectivity index (χ4n) is 2.55. The van der Waals surface area contributed by atoms with Gasteiger partial charge in [0, 0.05) is 5.41 Å². The van der Waals surface area contributed by atoms with Gasteiger partial charge in [-0.3, -0.25) is 4.79 Å². The van der Waals surface area contributed by atoms with Gasteiger partial charge in [-0.15, -0.1) is 0 Å². The number of carbonyl (C=O) groups excluding carboxylic acids is 1. The molecule has 1 N–H and O–H groups in total. The second-order valence-electron chi connectivity index (χ2n) is 7.98. The SMILES string of the molecule is CC(C)(C=O)CCCCCCCCCCCC(C)(C)C(=O)O. The monoisotopic (exact) mass is 312 g/mol. The molecular weight excluding hydrogens is 276 g/mol. The fraction of sp³-hybridized carbons (Fsp3) is 0.895. The molecule has 0 bridgehead atoms. The van der Waals surface area contributed by atoms with Crippen LogP contribution in [0.3, 0.4) is 0 Å². The summed E-state index contributed by atoms with van der Waals surface area (Å²) < 4.78 is 0. The molecule has 0 heterocycles. The lowest BCUT2D eigenvalue weighted by atomic mass is 9.87. The van der Waals surface area contributed by atoms with E-state index in [9.17, 15) is 9.59 Å². The van der Waals surface area contributed by atoms with Gasteiger partial charge in [0.2, 0.25) is 0 Å². The van der Waals surface area contributed by atoms with E-state index in [0.717, 1.165) is 38.4 Å². The standard InChI is InChI=1S/C19H36O3/c1-18(2,16-20)14-12-10-8-6-5-7-9-11-13-15-19(3,4)17(21)22/h16H,5-15H2,1-4H3,(H,21,22). The molecule has 0 rings (SSSR count). The van der Waals surface area contributed by atoms with Gasteiger partial charge < -0.3 is 9.90 Å². The summed E-state index contributed by atoms with van der Waals surface area (Å²) in [5.41, 5.74) is -0.723. The Balaban J connectivity index is 3.35. The zero-order valence-electron chi connectivity index (χ0n) is 15.1. The summed E-state index contributed by atoms with van der Waals surface area (Å²) in [7, 11) is 0. The minimum absolute atomic E-state index is 0.149. The van der Waals surface area contributed by atoms with Crippen molar-refractivity contribution in [2.24, 2.45) is 10.8 Å². The first-order valence-electron chi connectivity index (χ1n) is 8.91.